The van der Waals surface area contributed by atoms with Crippen molar-refractivity contribution >= 4 is 11.6 Å². The highest BCUT2D eigenvalue weighted by atomic mass is 16.6. The molecule has 1 atom stereocenters. The Bertz CT molecular complexity index is 729. The van der Waals surface area contributed by atoms with Crippen molar-refractivity contribution in [2.24, 2.45) is 5.92 Å². The first kappa shape index (κ1) is 16.0. The summed E-state index contributed by atoms with van der Waals surface area (Å²) in [7, 11) is 0. The third-order valence-corrected chi connectivity index (χ3v) is 3.99. The second-order valence-corrected chi connectivity index (χ2v) is 5.81. The molecular formula is C18H18N2O4. The van der Waals surface area contributed by atoms with Gasteiger partial charge in [0, 0.05) is 6.07 Å². The first-order chi connectivity index (χ1) is 11.6. The minimum absolute atomic E-state index is 0.0342. The van der Waals surface area contributed by atoms with E-state index in [-0.39, 0.29) is 30.0 Å². The van der Waals surface area contributed by atoms with E-state index in [1.54, 1.807) is 12.1 Å². The van der Waals surface area contributed by atoms with E-state index < -0.39 is 4.92 Å². The highest BCUT2D eigenvalue weighted by molar-refractivity contribution is 5.78. The van der Waals surface area contributed by atoms with Crippen molar-refractivity contribution in [3.05, 3.63) is 70.3 Å². The van der Waals surface area contributed by atoms with Crippen LogP contribution >= 0.6 is 0 Å². The van der Waals surface area contributed by atoms with Crippen molar-refractivity contribution in [1.29, 1.82) is 0 Å². The third-order valence-electron chi connectivity index (χ3n) is 3.99. The fourth-order valence-electron chi connectivity index (χ4n) is 2.65. The Labute approximate surface area is 139 Å². The smallest absolute Gasteiger partial charge is 0.310 e. The second kappa shape index (κ2) is 7.12. The zero-order valence-corrected chi connectivity index (χ0v) is 13.1. The number of nitrogens with one attached hydrogen (secondary N) is 1. The topological polar surface area (TPSA) is 81.5 Å². The lowest BCUT2D eigenvalue weighted by Crippen LogP contribution is -2.33. The molecule has 124 valence electrons. The quantitative estimate of drug-likeness (QED) is 0.625. The maximum atomic E-state index is 12.2. The molecule has 24 heavy (non-hydrogen) atoms. The largest absolute Gasteiger partial charge is 0.477 e. The Morgan fingerprint density at radius 1 is 1.17 bits per heavy atom. The summed E-state index contributed by atoms with van der Waals surface area (Å²) >= 11 is 0. The van der Waals surface area contributed by atoms with Gasteiger partial charge in [-0.3, -0.25) is 14.9 Å². The predicted molar refractivity (Wildman–Crippen MR) is 88.6 cm³/mol. The van der Waals surface area contributed by atoms with E-state index in [0.717, 1.165) is 18.4 Å². The lowest BCUT2D eigenvalue weighted by atomic mass is 10.0. The van der Waals surface area contributed by atoms with Crippen LogP contribution in [0.3, 0.4) is 0 Å². The highest BCUT2D eigenvalue weighted by Crippen LogP contribution is 2.40. The van der Waals surface area contributed by atoms with Gasteiger partial charge in [0.15, 0.2) is 12.4 Å². The number of nitro benzene ring substituents is 1. The molecule has 0 aliphatic heterocycles. The standard InChI is InChI=1S/C18H18N2O4/c21-17(12-24-16-9-5-4-8-15(16)20(22)23)19-18(14-10-11-14)13-6-2-1-3-7-13/h1-9,14,18H,10-12H2,(H,19,21)/t18-/m1/s1. The van der Waals surface area contributed by atoms with E-state index in [0.29, 0.717) is 5.92 Å². The molecular weight excluding hydrogens is 308 g/mol. The van der Waals surface area contributed by atoms with Crippen LogP contribution < -0.4 is 10.1 Å². The van der Waals surface area contributed by atoms with Gasteiger partial charge in [0.25, 0.3) is 5.91 Å². The molecule has 2 aromatic rings. The fraction of sp³-hybridized carbons (Fsp3) is 0.278. The summed E-state index contributed by atoms with van der Waals surface area (Å²) in [6.07, 6.45) is 2.18. The predicted octanol–water partition coefficient (Wildman–Crippen LogP) is 3.24. The van der Waals surface area contributed by atoms with Crippen LogP contribution in [0.25, 0.3) is 0 Å². The Morgan fingerprint density at radius 2 is 1.83 bits per heavy atom. The third kappa shape index (κ3) is 3.90. The number of carbonyl (C=O) groups is 1. The van der Waals surface area contributed by atoms with Crippen LogP contribution in [0.4, 0.5) is 5.69 Å². The highest BCUT2D eigenvalue weighted by Gasteiger charge is 2.33. The molecule has 1 fully saturated rings. The second-order valence-electron chi connectivity index (χ2n) is 5.81. The zero-order valence-electron chi connectivity index (χ0n) is 13.1. The lowest BCUT2D eigenvalue weighted by Gasteiger charge is -2.19. The van der Waals surface area contributed by atoms with Crippen LogP contribution in [0.1, 0.15) is 24.4 Å². The van der Waals surface area contributed by atoms with E-state index in [4.69, 9.17) is 4.74 Å². The van der Waals surface area contributed by atoms with Crippen LogP contribution in [0.15, 0.2) is 54.6 Å². The minimum atomic E-state index is -0.524. The van der Waals surface area contributed by atoms with Gasteiger partial charge in [-0.2, -0.15) is 0 Å². The van der Waals surface area contributed by atoms with Gasteiger partial charge in [-0.1, -0.05) is 42.5 Å². The van der Waals surface area contributed by atoms with E-state index in [2.05, 4.69) is 5.32 Å². The molecule has 1 saturated carbocycles. The normalized spacial score (nSPS) is 14.7. The summed E-state index contributed by atoms with van der Waals surface area (Å²) in [4.78, 5) is 22.6. The molecule has 6 nitrogen and oxygen atoms in total. The maximum Gasteiger partial charge on any atom is 0.310 e. The summed E-state index contributed by atoms with van der Waals surface area (Å²) < 4.78 is 5.34. The number of nitro groups is 1. The Balaban J connectivity index is 1.62. The van der Waals surface area contributed by atoms with Crippen LogP contribution in [0.5, 0.6) is 5.75 Å². The minimum Gasteiger partial charge on any atom is -0.477 e. The fourth-order valence-corrected chi connectivity index (χ4v) is 2.65. The van der Waals surface area contributed by atoms with Gasteiger partial charge < -0.3 is 10.1 Å². The molecule has 0 saturated heterocycles. The summed E-state index contributed by atoms with van der Waals surface area (Å²) in [5, 5.41) is 13.9. The number of benzene rings is 2. The SMILES string of the molecule is O=C(COc1ccccc1[N+](=O)[O-])N[C@H](c1ccccc1)C1CC1. The van der Waals surface area contributed by atoms with Crippen LogP contribution in [0.2, 0.25) is 0 Å². The number of para-hydroxylation sites is 2. The molecule has 0 bridgehead atoms. The molecule has 1 aliphatic carbocycles. The van der Waals surface area contributed by atoms with Crippen LogP contribution in [-0.4, -0.2) is 17.4 Å². The Morgan fingerprint density at radius 3 is 2.50 bits per heavy atom. The van der Waals surface area contributed by atoms with E-state index in [1.807, 2.05) is 30.3 Å². The molecule has 0 unspecified atom stereocenters. The average molecular weight is 326 g/mol. The summed E-state index contributed by atoms with van der Waals surface area (Å²) in [6.45, 7) is -0.249. The summed E-state index contributed by atoms with van der Waals surface area (Å²) in [6, 6.07) is 15.8. The first-order valence-electron chi connectivity index (χ1n) is 7.85. The van der Waals surface area contributed by atoms with Crippen molar-refractivity contribution in [3.8, 4) is 5.75 Å². The molecule has 0 spiro atoms. The van der Waals surface area contributed by atoms with Gasteiger partial charge in [-0.05, 0) is 30.4 Å². The van der Waals surface area contributed by atoms with Crippen molar-refractivity contribution in [3.63, 3.8) is 0 Å². The molecule has 2 aromatic carbocycles. The summed E-state index contributed by atoms with van der Waals surface area (Å²) in [5.41, 5.74) is 0.922. The Kier molecular flexibility index (Phi) is 4.74. The van der Waals surface area contributed by atoms with Gasteiger partial charge in [0.05, 0.1) is 11.0 Å². The Hall–Kier alpha value is -2.89. The number of hydrogen-bond donors (Lipinski definition) is 1. The average Bonchev–Trinajstić information content (AvgIpc) is 3.43. The lowest BCUT2D eigenvalue weighted by molar-refractivity contribution is -0.385. The molecule has 6 heteroatoms. The number of carbonyl (C=O) groups excluding carboxylic acids is 1. The molecule has 1 N–H and O–H groups in total. The number of ether oxygens (including phenoxy) is 1. The molecule has 0 radical (unpaired) electrons. The molecule has 3 rings (SSSR count). The van der Waals surface area contributed by atoms with Gasteiger partial charge in [-0.25, -0.2) is 0 Å². The van der Waals surface area contributed by atoms with Crippen molar-refractivity contribution < 1.29 is 14.5 Å². The van der Waals surface area contributed by atoms with Gasteiger partial charge >= 0.3 is 5.69 Å². The van der Waals surface area contributed by atoms with Crippen LogP contribution in [0, 0.1) is 16.0 Å². The van der Waals surface area contributed by atoms with Crippen molar-refractivity contribution in [2.45, 2.75) is 18.9 Å². The van der Waals surface area contributed by atoms with Gasteiger partial charge in [-0.15, -0.1) is 0 Å². The molecule has 1 amide bonds. The van der Waals surface area contributed by atoms with Gasteiger partial charge in [0.1, 0.15) is 0 Å². The monoisotopic (exact) mass is 326 g/mol. The van der Waals surface area contributed by atoms with E-state index in [1.165, 1.54) is 12.1 Å². The summed E-state index contributed by atoms with van der Waals surface area (Å²) in [5.74, 6) is 0.261. The molecule has 0 heterocycles. The number of rotatable bonds is 7. The van der Waals surface area contributed by atoms with E-state index in [9.17, 15) is 14.9 Å². The number of nitrogens with zero attached hydrogens (tertiary/aromatic N) is 1. The molecule has 1 aliphatic rings. The van der Waals surface area contributed by atoms with Gasteiger partial charge in [0.2, 0.25) is 0 Å². The van der Waals surface area contributed by atoms with Crippen molar-refractivity contribution in [1.82, 2.24) is 5.32 Å². The number of amides is 1. The zero-order chi connectivity index (χ0) is 16.9. The van der Waals surface area contributed by atoms with Crippen LogP contribution in [-0.2, 0) is 4.79 Å². The van der Waals surface area contributed by atoms with E-state index >= 15 is 0 Å². The molecule has 0 aromatic heterocycles. The van der Waals surface area contributed by atoms with Crippen molar-refractivity contribution in [2.75, 3.05) is 6.61 Å². The maximum absolute atomic E-state index is 12.2. The first-order valence-corrected chi connectivity index (χ1v) is 7.85. The number of hydrogen-bond acceptors (Lipinski definition) is 4.